The molecule has 1 N–H and O–H groups in total. The molecule has 2 atom stereocenters. The molecular formula is C18H20FN2OS+. The SMILES string of the molecule is COc1ccc(C[NH+](C)[C@@H](C)c2nc3ccccc3s2)cc1F. The lowest BCUT2D eigenvalue weighted by atomic mass is 10.2. The Morgan fingerprint density at radius 2 is 2.04 bits per heavy atom. The minimum absolute atomic E-state index is 0.248. The molecule has 2 aromatic carbocycles. The van der Waals surface area contributed by atoms with Crippen LogP contribution >= 0.6 is 11.3 Å². The number of fused-ring (bicyclic) bond motifs is 1. The molecule has 23 heavy (non-hydrogen) atoms. The Balaban J connectivity index is 1.76. The molecular weight excluding hydrogens is 311 g/mol. The molecule has 0 saturated carbocycles. The van der Waals surface area contributed by atoms with Crippen LogP contribution in [0.25, 0.3) is 10.2 Å². The Kier molecular flexibility index (Phi) is 4.59. The summed E-state index contributed by atoms with van der Waals surface area (Å²) < 4.78 is 20.0. The van der Waals surface area contributed by atoms with E-state index in [0.717, 1.165) is 22.6 Å². The lowest BCUT2D eigenvalue weighted by molar-refractivity contribution is -0.923. The fraction of sp³-hybridized carbons (Fsp3) is 0.278. The van der Waals surface area contributed by atoms with Crippen LogP contribution in [0.4, 0.5) is 4.39 Å². The summed E-state index contributed by atoms with van der Waals surface area (Å²) in [4.78, 5) is 6.00. The zero-order valence-electron chi connectivity index (χ0n) is 13.5. The van der Waals surface area contributed by atoms with Crippen molar-refractivity contribution < 1.29 is 14.0 Å². The minimum Gasteiger partial charge on any atom is -0.494 e. The summed E-state index contributed by atoms with van der Waals surface area (Å²) in [6.45, 7) is 2.89. The molecule has 0 aliphatic heterocycles. The Labute approximate surface area is 139 Å². The molecule has 1 aromatic heterocycles. The zero-order valence-corrected chi connectivity index (χ0v) is 14.3. The van der Waals surface area contributed by atoms with Crippen LogP contribution in [0.3, 0.4) is 0 Å². The van der Waals surface area contributed by atoms with Gasteiger partial charge in [-0.1, -0.05) is 12.1 Å². The Morgan fingerprint density at radius 3 is 2.74 bits per heavy atom. The van der Waals surface area contributed by atoms with Crippen molar-refractivity contribution in [2.45, 2.75) is 19.5 Å². The summed E-state index contributed by atoms with van der Waals surface area (Å²) in [5, 5.41) is 1.11. The monoisotopic (exact) mass is 331 g/mol. The van der Waals surface area contributed by atoms with Gasteiger partial charge in [0.2, 0.25) is 0 Å². The van der Waals surface area contributed by atoms with E-state index < -0.39 is 0 Å². The molecule has 3 aromatic rings. The third kappa shape index (κ3) is 3.35. The molecule has 3 nitrogen and oxygen atoms in total. The number of hydrogen-bond donors (Lipinski definition) is 1. The van der Waals surface area contributed by atoms with Gasteiger partial charge < -0.3 is 9.64 Å². The van der Waals surface area contributed by atoms with Crippen molar-refractivity contribution in [3.63, 3.8) is 0 Å². The highest BCUT2D eigenvalue weighted by Gasteiger charge is 2.20. The van der Waals surface area contributed by atoms with Gasteiger partial charge in [-0.15, -0.1) is 11.3 Å². The van der Waals surface area contributed by atoms with Gasteiger partial charge in [-0.05, 0) is 37.3 Å². The molecule has 5 heteroatoms. The van der Waals surface area contributed by atoms with Gasteiger partial charge in [-0.2, -0.15) is 0 Å². The predicted molar refractivity (Wildman–Crippen MR) is 91.6 cm³/mol. The van der Waals surface area contributed by atoms with Crippen molar-refractivity contribution in [3.05, 3.63) is 58.9 Å². The molecule has 1 unspecified atom stereocenters. The first-order valence-electron chi connectivity index (χ1n) is 7.58. The summed E-state index contributed by atoms with van der Waals surface area (Å²) in [7, 11) is 3.59. The van der Waals surface area contributed by atoms with Gasteiger partial charge in [0.15, 0.2) is 16.6 Å². The van der Waals surface area contributed by atoms with E-state index >= 15 is 0 Å². The van der Waals surface area contributed by atoms with E-state index in [1.807, 2.05) is 24.3 Å². The van der Waals surface area contributed by atoms with Crippen LogP contribution < -0.4 is 9.64 Å². The normalized spacial score (nSPS) is 13.9. The number of para-hydroxylation sites is 1. The van der Waals surface area contributed by atoms with Gasteiger partial charge in [-0.25, -0.2) is 9.37 Å². The predicted octanol–water partition coefficient (Wildman–Crippen LogP) is 3.22. The van der Waals surface area contributed by atoms with Crippen LogP contribution in [0.2, 0.25) is 0 Å². The Hall–Kier alpha value is -1.98. The Bertz CT molecular complexity index is 785. The number of rotatable bonds is 5. The first-order valence-corrected chi connectivity index (χ1v) is 8.40. The number of halogens is 1. The fourth-order valence-corrected chi connectivity index (χ4v) is 3.69. The number of benzene rings is 2. The average Bonchev–Trinajstić information content (AvgIpc) is 2.98. The van der Waals surface area contributed by atoms with Crippen molar-refractivity contribution in [2.24, 2.45) is 0 Å². The first kappa shape index (κ1) is 15.9. The summed E-state index contributed by atoms with van der Waals surface area (Å²) in [6.07, 6.45) is 0. The van der Waals surface area contributed by atoms with Gasteiger partial charge >= 0.3 is 0 Å². The van der Waals surface area contributed by atoms with E-state index in [1.165, 1.54) is 16.7 Å². The molecule has 120 valence electrons. The number of aromatic nitrogens is 1. The summed E-state index contributed by atoms with van der Waals surface area (Å²) >= 11 is 1.73. The molecule has 0 fully saturated rings. The Morgan fingerprint density at radius 1 is 1.26 bits per heavy atom. The van der Waals surface area contributed by atoms with Crippen molar-refractivity contribution in [3.8, 4) is 5.75 Å². The van der Waals surface area contributed by atoms with Gasteiger partial charge in [-0.3, -0.25) is 0 Å². The summed E-state index contributed by atoms with van der Waals surface area (Å²) in [5.74, 6) is -0.0314. The molecule has 0 amide bonds. The third-order valence-electron chi connectivity index (χ3n) is 4.12. The topological polar surface area (TPSA) is 26.6 Å². The minimum atomic E-state index is -0.314. The van der Waals surface area contributed by atoms with E-state index in [1.54, 1.807) is 23.5 Å². The van der Waals surface area contributed by atoms with E-state index in [2.05, 4.69) is 20.0 Å². The van der Waals surface area contributed by atoms with Crippen LogP contribution in [0.15, 0.2) is 42.5 Å². The zero-order chi connectivity index (χ0) is 16.4. The van der Waals surface area contributed by atoms with Crippen molar-refractivity contribution in [1.82, 2.24) is 4.98 Å². The lowest BCUT2D eigenvalue weighted by Crippen LogP contribution is -3.07. The van der Waals surface area contributed by atoms with Crippen LogP contribution in [0.5, 0.6) is 5.75 Å². The van der Waals surface area contributed by atoms with Crippen LogP contribution in [-0.2, 0) is 6.54 Å². The van der Waals surface area contributed by atoms with Crippen molar-refractivity contribution >= 4 is 21.6 Å². The molecule has 0 aliphatic carbocycles. The lowest BCUT2D eigenvalue weighted by Gasteiger charge is -2.20. The van der Waals surface area contributed by atoms with Gasteiger partial charge in [0, 0.05) is 5.56 Å². The number of thiazole rings is 1. The van der Waals surface area contributed by atoms with E-state index in [9.17, 15) is 4.39 Å². The van der Waals surface area contributed by atoms with Crippen LogP contribution in [-0.4, -0.2) is 19.1 Å². The van der Waals surface area contributed by atoms with Gasteiger partial charge in [0.05, 0.1) is 24.4 Å². The maximum atomic E-state index is 13.8. The second-order valence-corrected chi connectivity index (χ2v) is 6.80. The highest BCUT2D eigenvalue weighted by atomic mass is 32.1. The van der Waals surface area contributed by atoms with Gasteiger partial charge in [0.1, 0.15) is 12.6 Å². The molecule has 1 heterocycles. The standard InChI is InChI=1S/C18H19FN2OS/c1-12(18-20-15-6-4-5-7-17(15)23-18)21(2)11-13-8-9-16(22-3)14(19)10-13/h4-10,12H,11H2,1-3H3/p+1/t12-/m0/s1. The number of nitrogens with zero attached hydrogens (tertiary/aromatic N) is 1. The first-order chi connectivity index (χ1) is 11.1. The van der Waals surface area contributed by atoms with Crippen molar-refractivity contribution in [1.29, 1.82) is 0 Å². The second kappa shape index (κ2) is 6.64. The van der Waals surface area contributed by atoms with Crippen molar-refractivity contribution in [2.75, 3.05) is 14.2 Å². The summed E-state index contributed by atoms with van der Waals surface area (Å²) in [5.41, 5.74) is 2.00. The largest absolute Gasteiger partial charge is 0.494 e. The maximum absolute atomic E-state index is 13.8. The highest BCUT2D eigenvalue weighted by Crippen LogP contribution is 2.25. The van der Waals surface area contributed by atoms with E-state index in [-0.39, 0.29) is 17.6 Å². The third-order valence-corrected chi connectivity index (χ3v) is 5.34. The average molecular weight is 331 g/mol. The van der Waals surface area contributed by atoms with Crippen LogP contribution in [0, 0.1) is 5.82 Å². The van der Waals surface area contributed by atoms with Crippen LogP contribution in [0.1, 0.15) is 23.5 Å². The fourth-order valence-electron chi connectivity index (χ4n) is 2.58. The maximum Gasteiger partial charge on any atom is 0.165 e. The highest BCUT2D eigenvalue weighted by molar-refractivity contribution is 7.18. The molecule has 0 spiro atoms. The number of quaternary nitrogens is 1. The van der Waals surface area contributed by atoms with Gasteiger partial charge in [0.25, 0.3) is 0 Å². The molecule has 0 radical (unpaired) electrons. The second-order valence-electron chi connectivity index (χ2n) is 5.73. The van der Waals surface area contributed by atoms with E-state index in [0.29, 0.717) is 0 Å². The number of methoxy groups -OCH3 is 1. The number of ether oxygens (including phenoxy) is 1. The summed E-state index contributed by atoms with van der Waals surface area (Å²) in [6, 6.07) is 13.6. The molecule has 0 saturated heterocycles. The number of hydrogen-bond acceptors (Lipinski definition) is 3. The quantitative estimate of drug-likeness (QED) is 0.777. The molecule has 3 rings (SSSR count). The van der Waals surface area contributed by atoms with E-state index in [4.69, 9.17) is 9.72 Å². The molecule has 0 bridgehead atoms. The number of nitrogens with one attached hydrogen (secondary N) is 1. The smallest absolute Gasteiger partial charge is 0.165 e. The molecule has 0 aliphatic rings.